The van der Waals surface area contributed by atoms with Crippen LogP contribution < -0.4 is 15.0 Å². The summed E-state index contributed by atoms with van der Waals surface area (Å²) in [5.74, 6) is 1.15. The van der Waals surface area contributed by atoms with E-state index in [-0.39, 0.29) is 6.03 Å². The first-order chi connectivity index (χ1) is 20.5. The summed E-state index contributed by atoms with van der Waals surface area (Å²) >= 11 is 0. The highest BCUT2D eigenvalue weighted by atomic mass is 16.5. The number of likely N-dealkylation sites (tertiary alicyclic amines) is 1. The maximum atomic E-state index is 13.0. The summed E-state index contributed by atoms with van der Waals surface area (Å²) in [6.45, 7) is 10.8. The molecule has 1 aromatic heterocycles. The number of ether oxygens (including phenoxy) is 1. The van der Waals surface area contributed by atoms with Crippen molar-refractivity contribution in [2.75, 3.05) is 83.3 Å². The molecule has 2 fully saturated rings. The van der Waals surface area contributed by atoms with E-state index in [1.807, 2.05) is 29.2 Å². The van der Waals surface area contributed by atoms with Gasteiger partial charge in [0.25, 0.3) is 0 Å². The third-order valence-corrected chi connectivity index (χ3v) is 8.60. The fourth-order valence-corrected chi connectivity index (χ4v) is 6.01. The second-order valence-corrected chi connectivity index (χ2v) is 11.8. The van der Waals surface area contributed by atoms with Gasteiger partial charge in [-0.25, -0.2) is 14.8 Å². The van der Waals surface area contributed by atoms with Crippen LogP contribution in [0.5, 0.6) is 5.75 Å². The lowest BCUT2D eigenvalue weighted by molar-refractivity contribution is 0.194. The summed E-state index contributed by atoms with van der Waals surface area (Å²) < 4.78 is 6.09. The lowest BCUT2D eigenvalue weighted by atomic mass is 9.91. The molecule has 0 bridgehead atoms. The number of carbonyl (C=O) groups excluding carboxylic acids is 1. The van der Waals surface area contributed by atoms with Crippen molar-refractivity contribution in [3.8, 4) is 5.75 Å². The number of fused-ring (bicyclic) bond motifs is 1. The number of likely N-dealkylation sites (N-methyl/N-ethyl adjacent to an activating group) is 2. The summed E-state index contributed by atoms with van der Waals surface area (Å²) in [5, 5.41) is 4.16. The maximum absolute atomic E-state index is 13.0. The topological polar surface area (TPSA) is 77.1 Å². The zero-order valence-electron chi connectivity index (χ0n) is 25.6. The minimum atomic E-state index is -0.0311. The SMILES string of the molecule is CCN(CCCOc1ccc2c(C3CCN(C(=O)Nc4ccc(N5CCCC5)cc4)CC3)ncnc2c1)CCN(C)C. The first kappa shape index (κ1) is 30.0. The van der Waals surface area contributed by atoms with E-state index in [4.69, 9.17) is 4.74 Å². The van der Waals surface area contributed by atoms with Crippen molar-refractivity contribution >= 4 is 28.3 Å². The van der Waals surface area contributed by atoms with Gasteiger partial charge in [-0.2, -0.15) is 0 Å². The Labute approximate surface area is 250 Å². The Morgan fingerprint density at radius 1 is 0.976 bits per heavy atom. The van der Waals surface area contributed by atoms with E-state index in [0.717, 1.165) is 86.6 Å². The molecule has 1 N–H and O–H groups in total. The molecule has 2 amide bonds. The molecule has 0 atom stereocenters. The van der Waals surface area contributed by atoms with Crippen LogP contribution in [0.4, 0.5) is 16.2 Å². The van der Waals surface area contributed by atoms with Gasteiger partial charge in [-0.3, -0.25) is 0 Å². The number of nitrogens with one attached hydrogen (secondary N) is 1. The van der Waals surface area contributed by atoms with Crippen molar-refractivity contribution in [2.24, 2.45) is 0 Å². The monoisotopic (exact) mass is 573 g/mol. The van der Waals surface area contributed by atoms with Crippen LogP contribution in [0, 0.1) is 0 Å². The molecule has 9 nitrogen and oxygen atoms in total. The first-order valence-corrected chi connectivity index (χ1v) is 15.7. The summed E-state index contributed by atoms with van der Waals surface area (Å²) in [6, 6.07) is 14.4. The molecule has 2 aliphatic rings. The molecule has 2 aromatic carbocycles. The van der Waals surface area contributed by atoms with Crippen LogP contribution in [0.1, 0.15) is 50.6 Å². The third-order valence-electron chi connectivity index (χ3n) is 8.60. The number of hydrogen-bond donors (Lipinski definition) is 1. The van der Waals surface area contributed by atoms with Crippen molar-refractivity contribution in [3.63, 3.8) is 0 Å². The Hall–Kier alpha value is -3.43. The standard InChI is InChI=1S/C33H47N7O2/c1-4-38(22-21-37(2)3)16-7-23-42-29-12-13-30-31(24-29)34-25-35-32(30)26-14-19-40(20-15-26)33(41)36-27-8-10-28(11-9-27)39-17-5-6-18-39/h8-13,24-26H,4-7,14-23H2,1-3H3,(H,36,41). The van der Waals surface area contributed by atoms with Gasteiger partial charge in [0.1, 0.15) is 12.1 Å². The average molecular weight is 574 g/mol. The third kappa shape index (κ3) is 7.89. The summed E-state index contributed by atoms with van der Waals surface area (Å²) in [4.78, 5) is 31.2. The Balaban J connectivity index is 1.10. The molecule has 9 heteroatoms. The molecule has 5 rings (SSSR count). The van der Waals surface area contributed by atoms with Gasteiger partial charge in [-0.1, -0.05) is 6.92 Å². The highest BCUT2D eigenvalue weighted by molar-refractivity contribution is 5.89. The second kappa shape index (κ2) is 14.6. The van der Waals surface area contributed by atoms with Gasteiger partial charge in [0.05, 0.1) is 17.8 Å². The van der Waals surface area contributed by atoms with Crippen molar-refractivity contribution in [1.29, 1.82) is 0 Å². The zero-order valence-corrected chi connectivity index (χ0v) is 25.6. The fourth-order valence-electron chi connectivity index (χ4n) is 6.01. The Kier molecular flexibility index (Phi) is 10.5. The van der Waals surface area contributed by atoms with Crippen molar-refractivity contribution < 1.29 is 9.53 Å². The van der Waals surface area contributed by atoms with Crippen LogP contribution >= 0.6 is 0 Å². The smallest absolute Gasteiger partial charge is 0.321 e. The molecule has 0 radical (unpaired) electrons. The summed E-state index contributed by atoms with van der Waals surface area (Å²) in [7, 11) is 4.23. The minimum Gasteiger partial charge on any atom is -0.493 e. The molecule has 226 valence electrons. The number of nitrogens with zero attached hydrogens (tertiary/aromatic N) is 6. The van der Waals surface area contributed by atoms with Crippen LogP contribution in [0.2, 0.25) is 0 Å². The highest BCUT2D eigenvalue weighted by Gasteiger charge is 2.26. The number of piperidine rings is 1. The number of rotatable bonds is 12. The van der Waals surface area contributed by atoms with Crippen molar-refractivity contribution in [3.05, 3.63) is 54.5 Å². The maximum Gasteiger partial charge on any atom is 0.321 e. The van der Waals surface area contributed by atoms with Gasteiger partial charge in [-0.05, 0) is 89.1 Å². The second-order valence-electron chi connectivity index (χ2n) is 11.8. The molecular formula is C33H47N7O2. The molecule has 0 saturated carbocycles. The predicted octanol–water partition coefficient (Wildman–Crippen LogP) is 5.29. The number of anilines is 2. The Morgan fingerprint density at radius 2 is 1.74 bits per heavy atom. The molecule has 0 aliphatic carbocycles. The van der Waals surface area contributed by atoms with E-state index in [1.54, 1.807) is 6.33 Å². The Morgan fingerprint density at radius 3 is 2.45 bits per heavy atom. The molecule has 0 spiro atoms. The van der Waals surface area contributed by atoms with Gasteiger partial charge < -0.3 is 29.7 Å². The van der Waals surface area contributed by atoms with E-state index < -0.39 is 0 Å². The van der Waals surface area contributed by atoms with Gasteiger partial charge in [0.15, 0.2) is 0 Å². The summed E-state index contributed by atoms with van der Waals surface area (Å²) in [6.07, 6.45) is 6.93. The van der Waals surface area contributed by atoms with Gasteiger partial charge in [0, 0.05) is 74.6 Å². The van der Waals surface area contributed by atoms with Crippen LogP contribution in [0.3, 0.4) is 0 Å². The zero-order chi connectivity index (χ0) is 29.3. The lowest BCUT2D eigenvalue weighted by Gasteiger charge is -2.32. The van der Waals surface area contributed by atoms with E-state index in [0.29, 0.717) is 25.6 Å². The number of hydrogen-bond acceptors (Lipinski definition) is 7. The van der Waals surface area contributed by atoms with Crippen molar-refractivity contribution in [1.82, 2.24) is 24.7 Å². The van der Waals surface area contributed by atoms with Crippen LogP contribution in [-0.4, -0.2) is 104 Å². The van der Waals surface area contributed by atoms with Gasteiger partial charge in [0.2, 0.25) is 0 Å². The van der Waals surface area contributed by atoms with Gasteiger partial charge >= 0.3 is 6.03 Å². The lowest BCUT2D eigenvalue weighted by Crippen LogP contribution is -2.40. The molecular weight excluding hydrogens is 526 g/mol. The summed E-state index contributed by atoms with van der Waals surface area (Å²) in [5.41, 5.74) is 4.06. The number of benzene rings is 2. The fraction of sp³-hybridized carbons (Fsp3) is 0.545. The molecule has 2 saturated heterocycles. The minimum absolute atomic E-state index is 0.0311. The van der Waals surface area contributed by atoms with Gasteiger partial charge in [-0.15, -0.1) is 0 Å². The van der Waals surface area contributed by atoms with Crippen molar-refractivity contribution in [2.45, 2.75) is 44.9 Å². The predicted molar refractivity (Wildman–Crippen MR) is 171 cm³/mol. The van der Waals surface area contributed by atoms with E-state index in [1.165, 1.54) is 18.5 Å². The Bertz CT molecular complexity index is 1290. The van der Waals surface area contributed by atoms with E-state index >= 15 is 0 Å². The first-order valence-electron chi connectivity index (χ1n) is 15.7. The molecule has 2 aliphatic heterocycles. The number of urea groups is 1. The molecule has 3 heterocycles. The average Bonchev–Trinajstić information content (AvgIpc) is 3.56. The number of aromatic nitrogens is 2. The number of amides is 2. The van der Waals surface area contributed by atoms with Crippen LogP contribution in [0.25, 0.3) is 10.9 Å². The highest BCUT2D eigenvalue weighted by Crippen LogP contribution is 2.32. The van der Waals surface area contributed by atoms with Crippen LogP contribution in [-0.2, 0) is 0 Å². The van der Waals surface area contributed by atoms with E-state index in [9.17, 15) is 4.79 Å². The molecule has 3 aromatic rings. The molecule has 42 heavy (non-hydrogen) atoms. The normalized spacial score (nSPS) is 16.1. The molecule has 0 unspecified atom stereocenters. The number of carbonyl (C=O) groups is 1. The van der Waals surface area contributed by atoms with Crippen LogP contribution in [0.15, 0.2) is 48.8 Å². The quantitative estimate of drug-likeness (QED) is 0.295. The largest absolute Gasteiger partial charge is 0.493 e. The van der Waals surface area contributed by atoms with E-state index in [2.05, 4.69) is 69.2 Å².